The molecule has 19 heavy (non-hydrogen) atoms. The molecule has 1 N–H and O–H groups in total. The van der Waals surface area contributed by atoms with Gasteiger partial charge >= 0.3 is 0 Å². The fraction of sp³-hybridized carbons (Fsp3) is 0.0714. The lowest BCUT2D eigenvalue weighted by Crippen LogP contribution is -2.23. The van der Waals surface area contributed by atoms with Crippen LogP contribution in [0, 0.1) is 11.3 Å². The molecule has 0 saturated heterocycles. The van der Waals surface area contributed by atoms with Gasteiger partial charge in [0.1, 0.15) is 0 Å². The van der Waals surface area contributed by atoms with E-state index in [4.69, 9.17) is 16.9 Å². The van der Waals surface area contributed by atoms with Crippen molar-refractivity contribution in [2.75, 3.05) is 0 Å². The van der Waals surface area contributed by atoms with E-state index in [9.17, 15) is 4.79 Å². The third-order valence-corrected chi connectivity index (χ3v) is 2.83. The molecule has 5 heteroatoms. The molecule has 2 rings (SSSR count). The number of amides is 1. The topological polar surface area (TPSA) is 65.8 Å². The quantitative estimate of drug-likeness (QED) is 0.933. The molecule has 0 bridgehead atoms. The van der Waals surface area contributed by atoms with Crippen molar-refractivity contribution in [2.45, 2.75) is 6.54 Å². The van der Waals surface area contributed by atoms with Crippen molar-refractivity contribution in [3.8, 4) is 6.07 Å². The molecule has 1 aromatic carbocycles. The number of halogens is 1. The maximum Gasteiger partial charge on any atom is 0.253 e. The molecule has 1 amide bonds. The Labute approximate surface area is 115 Å². The molecule has 2 aromatic rings. The van der Waals surface area contributed by atoms with Gasteiger partial charge in [-0.1, -0.05) is 23.7 Å². The minimum atomic E-state index is -0.269. The largest absolute Gasteiger partial charge is 0.348 e. The molecule has 0 unspecified atom stereocenters. The van der Waals surface area contributed by atoms with Crippen LogP contribution in [0.3, 0.4) is 0 Å². The van der Waals surface area contributed by atoms with Crippen molar-refractivity contribution in [1.82, 2.24) is 10.3 Å². The molecule has 0 spiro atoms. The van der Waals surface area contributed by atoms with Gasteiger partial charge in [-0.05, 0) is 23.8 Å². The molecular formula is C14H10ClN3O. The number of nitrogens with zero attached hydrogens (tertiary/aromatic N) is 2. The van der Waals surface area contributed by atoms with Gasteiger partial charge in [0, 0.05) is 18.9 Å². The molecule has 4 nitrogen and oxygen atoms in total. The molecule has 0 aliphatic rings. The van der Waals surface area contributed by atoms with E-state index in [1.807, 2.05) is 6.07 Å². The van der Waals surface area contributed by atoms with Gasteiger partial charge < -0.3 is 5.32 Å². The Balaban J connectivity index is 2.05. The smallest absolute Gasteiger partial charge is 0.253 e. The van der Waals surface area contributed by atoms with Crippen molar-refractivity contribution in [2.24, 2.45) is 0 Å². The number of benzene rings is 1. The maximum absolute atomic E-state index is 11.9. The van der Waals surface area contributed by atoms with E-state index in [1.54, 1.807) is 24.3 Å². The van der Waals surface area contributed by atoms with E-state index in [0.717, 1.165) is 5.56 Å². The summed E-state index contributed by atoms with van der Waals surface area (Å²) in [6, 6.07) is 10.7. The SMILES string of the molecule is N#Cc1cccc(CNC(=O)c2ccncc2Cl)c1. The summed E-state index contributed by atoms with van der Waals surface area (Å²) >= 11 is 5.88. The summed E-state index contributed by atoms with van der Waals surface area (Å²) in [5.41, 5.74) is 1.80. The van der Waals surface area contributed by atoms with Crippen LogP contribution >= 0.6 is 11.6 Å². The molecule has 94 valence electrons. The zero-order valence-electron chi connectivity index (χ0n) is 9.93. The highest BCUT2D eigenvalue weighted by molar-refractivity contribution is 6.33. The van der Waals surface area contributed by atoms with Crippen molar-refractivity contribution < 1.29 is 4.79 Å². The second-order valence-electron chi connectivity index (χ2n) is 3.85. The van der Waals surface area contributed by atoms with Crippen molar-refractivity contribution in [3.63, 3.8) is 0 Å². The lowest BCUT2D eigenvalue weighted by Gasteiger charge is -2.06. The van der Waals surface area contributed by atoms with Gasteiger partial charge in [0.25, 0.3) is 5.91 Å². The van der Waals surface area contributed by atoms with E-state index in [1.165, 1.54) is 12.4 Å². The van der Waals surface area contributed by atoms with E-state index in [-0.39, 0.29) is 5.91 Å². The normalized spacial score (nSPS) is 9.68. The summed E-state index contributed by atoms with van der Waals surface area (Å²) in [5, 5.41) is 11.8. The van der Waals surface area contributed by atoms with Crippen LogP contribution in [0.4, 0.5) is 0 Å². The molecule has 0 saturated carbocycles. The highest BCUT2D eigenvalue weighted by Gasteiger charge is 2.09. The Hall–Kier alpha value is -2.38. The summed E-state index contributed by atoms with van der Waals surface area (Å²) in [4.78, 5) is 15.7. The third-order valence-electron chi connectivity index (χ3n) is 2.53. The van der Waals surface area contributed by atoms with Crippen LogP contribution < -0.4 is 5.32 Å². The van der Waals surface area contributed by atoms with E-state index < -0.39 is 0 Å². The predicted octanol–water partition coefficient (Wildman–Crippen LogP) is 2.54. The van der Waals surface area contributed by atoms with Crippen LogP contribution in [0.5, 0.6) is 0 Å². The molecule has 0 atom stereocenters. The van der Waals surface area contributed by atoms with Crippen molar-refractivity contribution in [3.05, 3.63) is 64.4 Å². The van der Waals surface area contributed by atoms with Gasteiger partial charge in [-0.2, -0.15) is 5.26 Å². The summed E-state index contributed by atoms with van der Waals surface area (Å²) in [6.45, 7) is 0.340. The average molecular weight is 272 g/mol. The standard InChI is InChI=1S/C14H10ClN3O/c15-13-9-17-5-4-12(13)14(19)18-8-11-3-1-2-10(6-11)7-16/h1-6,9H,8H2,(H,18,19). The van der Waals surface area contributed by atoms with Crippen LogP contribution in [-0.4, -0.2) is 10.9 Å². The molecular weight excluding hydrogens is 262 g/mol. The first-order valence-corrected chi connectivity index (χ1v) is 5.95. The van der Waals surface area contributed by atoms with E-state index in [2.05, 4.69) is 16.4 Å². The van der Waals surface area contributed by atoms with Crippen LogP contribution in [0.25, 0.3) is 0 Å². The first kappa shape index (κ1) is 13.1. The number of hydrogen-bond acceptors (Lipinski definition) is 3. The number of hydrogen-bond donors (Lipinski definition) is 1. The molecule has 0 aliphatic carbocycles. The van der Waals surface area contributed by atoms with Crippen LogP contribution in [0.1, 0.15) is 21.5 Å². The summed E-state index contributed by atoms with van der Waals surface area (Å²) in [5.74, 6) is -0.269. The van der Waals surface area contributed by atoms with Crippen LogP contribution in [0.2, 0.25) is 5.02 Å². The van der Waals surface area contributed by atoms with E-state index >= 15 is 0 Å². The fourth-order valence-electron chi connectivity index (χ4n) is 1.59. The average Bonchev–Trinajstić information content (AvgIpc) is 2.45. The van der Waals surface area contributed by atoms with Gasteiger partial charge in [0.05, 0.1) is 22.2 Å². The summed E-state index contributed by atoms with van der Waals surface area (Å²) in [7, 11) is 0. The molecule has 0 aliphatic heterocycles. The molecule has 1 aromatic heterocycles. The minimum Gasteiger partial charge on any atom is -0.348 e. The zero-order chi connectivity index (χ0) is 13.7. The van der Waals surface area contributed by atoms with Gasteiger partial charge in [0.2, 0.25) is 0 Å². The maximum atomic E-state index is 11.9. The number of aromatic nitrogens is 1. The Morgan fingerprint density at radius 2 is 2.26 bits per heavy atom. The first-order chi connectivity index (χ1) is 9.20. The predicted molar refractivity (Wildman–Crippen MR) is 71.6 cm³/mol. The highest BCUT2D eigenvalue weighted by Crippen LogP contribution is 2.13. The fourth-order valence-corrected chi connectivity index (χ4v) is 1.79. The Morgan fingerprint density at radius 3 is 3.00 bits per heavy atom. The second kappa shape index (κ2) is 5.98. The second-order valence-corrected chi connectivity index (χ2v) is 4.26. The Bertz CT molecular complexity index is 649. The zero-order valence-corrected chi connectivity index (χ0v) is 10.7. The number of pyridine rings is 1. The Morgan fingerprint density at radius 1 is 1.42 bits per heavy atom. The van der Waals surface area contributed by atoms with Crippen molar-refractivity contribution in [1.29, 1.82) is 5.26 Å². The number of nitriles is 1. The molecule has 1 heterocycles. The number of carbonyl (C=O) groups is 1. The lowest BCUT2D eigenvalue weighted by atomic mass is 10.1. The molecule has 0 radical (unpaired) electrons. The van der Waals surface area contributed by atoms with Gasteiger partial charge in [-0.3, -0.25) is 9.78 Å². The summed E-state index contributed by atoms with van der Waals surface area (Å²) < 4.78 is 0. The van der Waals surface area contributed by atoms with E-state index in [0.29, 0.717) is 22.7 Å². The van der Waals surface area contributed by atoms with Crippen LogP contribution in [0.15, 0.2) is 42.7 Å². The lowest BCUT2D eigenvalue weighted by molar-refractivity contribution is 0.0951. The number of nitrogens with one attached hydrogen (secondary N) is 1. The molecule has 0 fully saturated rings. The highest BCUT2D eigenvalue weighted by atomic mass is 35.5. The number of rotatable bonds is 3. The van der Waals surface area contributed by atoms with Crippen LogP contribution in [-0.2, 0) is 6.54 Å². The monoisotopic (exact) mass is 271 g/mol. The third kappa shape index (κ3) is 3.30. The van der Waals surface area contributed by atoms with Gasteiger partial charge in [0.15, 0.2) is 0 Å². The minimum absolute atomic E-state index is 0.269. The van der Waals surface area contributed by atoms with Gasteiger partial charge in [-0.15, -0.1) is 0 Å². The number of carbonyl (C=O) groups excluding carboxylic acids is 1. The summed E-state index contributed by atoms with van der Waals surface area (Å²) in [6.07, 6.45) is 2.93. The van der Waals surface area contributed by atoms with Gasteiger partial charge in [-0.25, -0.2) is 0 Å². The first-order valence-electron chi connectivity index (χ1n) is 5.57. The Kier molecular flexibility index (Phi) is 4.11. The van der Waals surface area contributed by atoms with Crippen molar-refractivity contribution >= 4 is 17.5 Å².